The van der Waals surface area contributed by atoms with Crippen LogP contribution in [0.1, 0.15) is 44.9 Å². The summed E-state index contributed by atoms with van der Waals surface area (Å²) in [6.45, 7) is 2.35. The van der Waals surface area contributed by atoms with Gasteiger partial charge in [-0.15, -0.1) is 0 Å². The maximum absolute atomic E-state index is 9.60. The summed E-state index contributed by atoms with van der Waals surface area (Å²) in [7, 11) is 0. The molecule has 3 fully saturated rings. The van der Waals surface area contributed by atoms with E-state index in [0.717, 1.165) is 5.92 Å². The largest absolute Gasteiger partial charge is 0.285 e. The van der Waals surface area contributed by atoms with E-state index in [1.54, 1.807) is 0 Å². The van der Waals surface area contributed by atoms with Gasteiger partial charge in [0.15, 0.2) is 0 Å². The summed E-state index contributed by atoms with van der Waals surface area (Å²) in [5.41, 5.74) is -0.0384. The van der Waals surface area contributed by atoms with Crippen molar-refractivity contribution in [1.29, 1.82) is 5.26 Å². The second kappa shape index (κ2) is 3.49. The second-order valence-electron chi connectivity index (χ2n) is 5.66. The zero-order valence-electron chi connectivity index (χ0n) is 9.41. The lowest BCUT2D eigenvalue weighted by molar-refractivity contribution is 0.0639. The molecule has 82 valence electrons. The SMILES string of the molecule is N#CC1(N2CCCCC2)CC2CCC1C2. The van der Waals surface area contributed by atoms with Gasteiger partial charge in [0.25, 0.3) is 0 Å². The van der Waals surface area contributed by atoms with Gasteiger partial charge in [-0.25, -0.2) is 0 Å². The third-order valence-corrected chi connectivity index (χ3v) is 4.93. The Labute approximate surface area is 92.3 Å². The van der Waals surface area contributed by atoms with Gasteiger partial charge < -0.3 is 0 Å². The van der Waals surface area contributed by atoms with E-state index in [1.807, 2.05) is 0 Å². The molecular weight excluding hydrogens is 184 g/mol. The lowest BCUT2D eigenvalue weighted by atomic mass is 9.79. The van der Waals surface area contributed by atoms with Crippen LogP contribution in [0.4, 0.5) is 0 Å². The molecule has 2 nitrogen and oxygen atoms in total. The Kier molecular flexibility index (Phi) is 2.25. The monoisotopic (exact) mass is 204 g/mol. The number of fused-ring (bicyclic) bond motifs is 2. The van der Waals surface area contributed by atoms with E-state index in [0.29, 0.717) is 5.92 Å². The number of rotatable bonds is 1. The topological polar surface area (TPSA) is 27.0 Å². The molecule has 2 aliphatic carbocycles. The highest BCUT2D eigenvalue weighted by molar-refractivity contribution is 5.19. The van der Waals surface area contributed by atoms with E-state index in [9.17, 15) is 5.26 Å². The fraction of sp³-hybridized carbons (Fsp3) is 0.923. The molecule has 2 heteroatoms. The average molecular weight is 204 g/mol. The predicted octanol–water partition coefficient (Wildman–Crippen LogP) is 2.55. The van der Waals surface area contributed by atoms with E-state index in [4.69, 9.17) is 0 Å². The standard InChI is InChI=1S/C13H20N2/c14-10-13(15-6-2-1-3-7-15)9-11-4-5-12(13)8-11/h11-12H,1-9H2. The van der Waals surface area contributed by atoms with Crippen LogP contribution in [0, 0.1) is 23.2 Å². The molecule has 1 aliphatic heterocycles. The van der Waals surface area contributed by atoms with Crippen LogP contribution in [-0.2, 0) is 0 Å². The molecule has 1 saturated heterocycles. The predicted molar refractivity (Wildman–Crippen MR) is 59.2 cm³/mol. The summed E-state index contributed by atoms with van der Waals surface area (Å²) in [5.74, 6) is 1.57. The van der Waals surface area contributed by atoms with Gasteiger partial charge in [-0.2, -0.15) is 5.26 Å². The van der Waals surface area contributed by atoms with Gasteiger partial charge in [-0.1, -0.05) is 6.42 Å². The quantitative estimate of drug-likeness (QED) is 0.656. The average Bonchev–Trinajstić information content (AvgIpc) is 2.90. The number of piperidine rings is 1. The number of nitrogens with zero attached hydrogens (tertiary/aromatic N) is 2. The molecule has 0 spiro atoms. The molecule has 0 N–H and O–H groups in total. The lowest BCUT2D eigenvalue weighted by Gasteiger charge is -2.43. The fourth-order valence-corrected chi connectivity index (χ4v) is 4.19. The molecule has 15 heavy (non-hydrogen) atoms. The highest BCUT2D eigenvalue weighted by atomic mass is 15.2. The number of hydrogen-bond donors (Lipinski definition) is 0. The van der Waals surface area contributed by atoms with Gasteiger partial charge in [-0.05, 0) is 63.5 Å². The molecule has 0 aromatic carbocycles. The van der Waals surface area contributed by atoms with Crippen molar-refractivity contribution in [3.8, 4) is 6.07 Å². The van der Waals surface area contributed by atoms with Crippen molar-refractivity contribution in [3.05, 3.63) is 0 Å². The smallest absolute Gasteiger partial charge is 0.112 e. The second-order valence-corrected chi connectivity index (χ2v) is 5.66. The van der Waals surface area contributed by atoms with Crippen LogP contribution in [0.2, 0.25) is 0 Å². The third kappa shape index (κ3) is 1.33. The zero-order valence-corrected chi connectivity index (χ0v) is 9.41. The first-order valence-corrected chi connectivity index (χ1v) is 6.51. The van der Waals surface area contributed by atoms with E-state index in [2.05, 4.69) is 11.0 Å². The summed E-state index contributed by atoms with van der Waals surface area (Å²) in [6, 6.07) is 2.70. The van der Waals surface area contributed by atoms with E-state index in [1.165, 1.54) is 58.0 Å². The first-order chi connectivity index (χ1) is 7.35. The van der Waals surface area contributed by atoms with Crippen molar-refractivity contribution < 1.29 is 0 Å². The van der Waals surface area contributed by atoms with Crippen molar-refractivity contribution in [1.82, 2.24) is 4.90 Å². The molecule has 3 rings (SSSR count). The molecule has 0 aromatic heterocycles. The summed E-state index contributed by atoms with van der Waals surface area (Å²) < 4.78 is 0. The molecule has 3 aliphatic rings. The van der Waals surface area contributed by atoms with Crippen molar-refractivity contribution in [3.63, 3.8) is 0 Å². The first kappa shape index (κ1) is 9.66. The van der Waals surface area contributed by atoms with Crippen LogP contribution in [0.5, 0.6) is 0 Å². The van der Waals surface area contributed by atoms with E-state index >= 15 is 0 Å². The minimum absolute atomic E-state index is 0.0384. The van der Waals surface area contributed by atoms with Crippen LogP contribution >= 0.6 is 0 Å². The van der Waals surface area contributed by atoms with Gasteiger partial charge in [-0.3, -0.25) is 4.90 Å². The molecule has 0 aromatic rings. The van der Waals surface area contributed by atoms with Crippen LogP contribution in [0.3, 0.4) is 0 Å². The summed E-state index contributed by atoms with van der Waals surface area (Å²) >= 11 is 0. The molecule has 0 amide bonds. The number of nitriles is 1. The molecular formula is C13H20N2. The lowest BCUT2D eigenvalue weighted by Crippen LogP contribution is -2.53. The Morgan fingerprint density at radius 1 is 1.13 bits per heavy atom. The highest BCUT2D eigenvalue weighted by Crippen LogP contribution is 2.53. The van der Waals surface area contributed by atoms with Crippen molar-refractivity contribution in [2.24, 2.45) is 11.8 Å². The van der Waals surface area contributed by atoms with Gasteiger partial charge >= 0.3 is 0 Å². The number of likely N-dealkylation sites (tertiary alicyclic amines) is 1. The van der Waals surface area contributed by atoms with Crippen molar-refractivity contribution in [2.75, 3.05) is 13.1 Å². The van der Waals surface area contributed by atoms with E-state index in [-0.39, 0.29) is 5.54 Å². The van der Waals surface area contributed by atoms with Crippen LogP contribution in [-0.4, -0.2) is 23.5 Å². The molecule has 3 unspecified atom stereocenters. The Bertz CT molecular complexity index is 287. The summed E-state index contributed by atoms with van der Waals surface area (Å²) in [4.78, 5) is 2.53. The maximum atomic E-state index is 9.60. The summed E-state index contributed by atoms with van der Waals surface area (Å²) in [5, 5.41) is 9.60. The van der Waals surface area contributed by atoms with Gasteiger partial charge in [0.05, 0.1) is 6.07 Å². The Morgan fingerprint density at radius 2 is 1.93 bits per heavy atom. The minimum Gasteiger partial charge on any atom is -0.285 e. The van der Waals surface area contributed by atoms with Gasteiger partial charge in [0.2, 0.25) is 0 Å². The molecule has 1 heterocycles. The van der Waals surface area contributed by atoms with Gasteiger partial charge in [0.1, 0.15) is 5.54 Å². The highest BCUT2D eigenvalue weighted by Gasteiger charge is 2.54. The molecule has 2 saturated carbocycles. The normalized spacial score (nSPS) is 45.5. The third-order valence-electron chi connectivity index (χ3n) is 4.93. The zero-order chi connectivity index (χ0) is 10.3. The molecule has 0 radical (unpaired) electrons. The molecule has 2 bridgehead atoms. The van der Waals surface area contributed by atoms with Gasteiger partial charge in [0, 0.05) is 0 Å². The Balaban J connectivity index is 1.83. The Morgan fingerprint density at radius 3 is 2.47 bits per heavy atom. The Hall–Kier alpha value is -0.550. The molecule has 3 atom stereocenters. The number of hydrogen-bond acceptors (Lipinski definition) is 2. The van der Waals surface area contributed by atoms with Crippen LogP contribution in [0.25, 0.3) is 0 Å². The fourth-order valence-electron chi connectivity index (χ4n) is 4.19. The minimum atomic E-state index is -0.0384. The van der Waals surface area contributed by atoms with Crippen LogP contribution in [0.15, 0.2) is 0 Å². The van der Waals surface area contributed by atoms with E-state index < -0.39 is 0 Å². The van der Waals surface area contributed by atoms with Crippen molar-refractivity contribution >= 4 is 0 Å². The summed E-state index contributed by atoms with van der Waals surface area (Å²) in [6.07, 6.45) is 9.20. The van der Waals surface area contributed by atoms with Crippen molar-refractivity contribution in [2.45, 2.75) is 50.5 Å². The first-order valence-electron chi connectivity index (χ1n) is 6.51. The van der Waals surface area contributed by atoms with Crippen LogP contribution < -0.4 is 0 Å². The maximum Gasteiger partial charge on any atom is 0.112 e.